The van der Waals surface area contributed by atoms with E-state index in [1.807, 2.05) is 77.4 Å². The van der Waals surface area contributed by atoms with Gasteiger partial charge >= 0.3 is 0 Å². The number of aromatic nitrogens is 1. The molecule has 1 fully saturated rings. The Morgan fingerprint density at radius 1 is 0.864 bits per heavy atom. The Balaban J connectivity index is 1.28. The van der Waals surface area contributed by atoms with Crippen LogP contribution >= 0.6 is 11.6 Å². The number of carbonyl (C=O) groups is 2. The van der Waals surface area contributed by atoms with Crippen LogP contribution in [0.15, 0.2) is 97.1 Å². The van der Waals surface area contributed by atoms with Gasteiger partial charge in [0.2, 0.25) is 5.91 Å². The maximum Gasteiger partial charge on any atom is 0.255 e. The lowest BCUT2D eigenvalue weighted by Gasteiger charge is -2.39. The molecule has 44 heavy (non-hydrogen) atoms. The lowest BCUT2D eigenvalue weighted by atomic mass is 9.92. The van der Waals surface area contributed by atoms with Crippen LogP contribution in [0.5, 0.6) is 0 Å². The van der Waals surface area contributed by atoms with Crippen molar-refractivity contribution in [2.75, 3.05) is 31.1 Å². The van der Waals surface area contributed by atoms with Gasteiger partial charge in [-0.3, -0.25) is 9.59 Å². The summed E-state index contributed by atoms with van der Waals surface area (Å²) in [6.07, 6.45) is 0. The van der Waals surface area contributed by atoms with Gasteiger partial charge in [-0.05, 0) is 55.3 Å². The zero-order valence-electron chi connectivity index (χ0n) is 25.2. The number of amides is 2. The lowest BCUT2D eigenvalue weighted by Crippen LogP contribution is -2.55. The van der Waals surface area contributed by atoms with Gasteiger partial charge in [-0.2, -0.15) is 0 Å². The number of halogens is 1. The molecule has 2 aliphatic rings. The van der Waals surface area contributed by atoms with Gasteiger partial charge in [0.1, 0.15) is 6.04 Å². The highest BCUT2D eigenvalue weighted by atomic mass is 35.5. The highest BCUT2D eigenvalue weighted by Gasteiger charge is 2.45. The quantitative estimate of drug-likeness (QED) is 0.216. The Kier molecular flexibility index (Phi) is 7.17. The van der Waals surface area contributed by atoms with Crippen LogP contribution in [0, 0.1) is 6.92 Å². The van der Waals surface area contributed by atoms with Crippen molar-refractivity contribution in [2.45, 2.75) is 25.9 Å². The number of nitrogens with zero attached hydrogens (tertiary/aromatic N) is 4. The standard InChI is InChI=1S/C37H35ClN4O2/c1-24-15-17-26(18-16-24)34-33(31-13-6-7-14-32(31)39(34)3)35-29-11-4-5-12-30(29)37(44)42(35)25(2)36(43)41-21-19-40(20-22-41)28-10-8-9-27(38)23-28/h4-18,23,25,35H,19-22H2,1-3H3. The van der Waals surface area contributed by atoms with E-state index in [2.05, 4.69) is 59.8 Å². The van der Waals surface area contributed by atoms with E-state index >= 15 is 0 Å². The summed E-state index contributed by atoms with van der Waals surface area (Å²) in [4.78, 5) is 34.4. The maximum absolute atomic E-state index is 14.2. The first-order valence-electron chi connectivity index (χ1n) is 15.2. The van der Waals surface area contributed by atoms with Gasteiger partial charge in [-0.15, -0.1) is 0 Å². The molecule has 0 bridgehead atoms. The molecule has 2 aliphatic heterocycles. The number of carbonyl (C=O) groups excluding carboxylic acids is 2. The molecule has 7 heteroatoms. The Labute approximate surface area is 263 Å². The van der Waals surface area contributed by atoms with Crippen LogP contribution < -0.4 is 4.90 Å². The van der Waals surface area contributed by atoms with Crippen molar-refractivity contribution >= 4 is 40.0 Å². The minimum Gasteiger partial charge on any atom is -0.368 e. The molecule has 222 valence electrons. The second-order valence-electron chi connectivity index (χ2n) is 11.9. The van der Waals surface area contributed by atoms with E-state index in [1.54, 1.807) is 0 Å². The topological polar surface area (TPSA) is 48.8 Å². The van der Waals surface area contributed by atoms with Gasteiger partial charge in [0, 0.05) is 66.0 Å². The van der Waals surface area contributed by atoms with Crippen LogP contribution in [0.3, 0.4) is 0 Å². The third-order valence-corrected chi connectivity index (χ3v) is 9.52. The fraction of sp³-hybridized carbons (Fsp3) is 0.243. The average molecular weight is 603 g/mol. The summed E-state index contributed by atoms with van der Waals surface area (Å²) in [7, 11) is 2.09. The summed E-state index contributed by atoms with van der Waals surface area (Å²) in [5.41, 5.74) is 8.12. The fourth-order valence-corrected chi connectivity index (χ4v) is 7.22. The minimum atomic E-state index is -0.651. The number of para-hydroxylation sites is 1. The molecule has 4 aromatic carbocycles. The van der Waals surface area contributed by atoms with Gasteiger partial charge in [-0.1, -0.05) is 83.9 Å². The Morgan fingerprint density at radius 3 is 2.32 bits per heavy atom. The van der Waals surface area contributed by atoms with E-state index in [-0.39, 0.29) is 11.8 Å². The van der Waals surface area contributed by atoms with E-state index < -0.39 is 12.1 Å². The molecular weight excluding hydrogens is 568 g/mol. The number of hydrogen-bond donors (Lipinski definition) is 0. The third kappa shape index (κ3) is 4.65. The van der Waals surface area contributed by atoms with Crippen LogP contribution in [0.2, 0.25) is 5.02 Å². The first-order valence-corrected chi connectivity index (χ1v) is 15.6. The Hall–Kier alpha value is -4.55. The first-order chi connectivity index (χ1) is 21.3. The smallest absolute Gasteiger partial charge is 0.255 e. The predicted molar refractivity (Wildman–Crippen MR) is 177 cm³/mol. The summed E-state index contributed by atoms with van der Waals surface area (Å²) in [5.74, 6) is -0.133. The first kappa shape index (κ1) is 28.2. The van der Waals surface area contributed by atoms with Crippen LogP contribution in [0.4, 0.5) is 5.69 Å². The van der Waals surface area contributed by atoms with E-state index in [9.17, 15) is 9.59 Å². The lowest BCUT2D eigenvalue weighted by molar-refractivity contribution is -0.136. The van der Waals surface area contributed by atoms with Crippen LogP contribution in [-0.2, 0) is 11.8 Å². The number of piperazine rings is 1. The SMILES string of the molecule is Cc1ccc(-c2c(C3c4ccccc4C(=O)N3C(C)C(=O)N3CCN(c4cccc(Cl)c4)CC3)c3ccccc3n2C)cc1. The van der Waals surface area contributed by atoms with Crippen molar-refractivity contribution in [2.24, 2.45) is 7.05 Å². The zero-order chi connectivity index (χ0) is 30.5. The molecule has 0 saturated carbocycles. The molecule has 1 aromatic heterocycles. The fourth-order valence-electron chi connectivity index (χ4n) is 7.03. The predicted octanol–water partition coefficient (Wildman–Crippen LogP) is 7.09. The second kappa shape index (κ2) is 11.2. The average Bonchev–Trinajstić information content (AvgIpc) is 3.51. The molecule has 0 N–H and O–H groups in total. The molecule has 0 aliphatic carbocycles. The molecule has 3 heterocycles. The van der Waals surface area contributed by atoms with Crippen LogP contribution in [-0.4, -0.2) is 58.4 Å². The summed E-state index contributed by atoms with van der Waals surface area (Å²) in [6, 6.07) is 31.5. The highest BCUT2D eigenvalue weighted by Crippen LogP contribution is 2.47. The number of benzene rings is 4. The van der Waals surface area contributed by atoms with Crippen molar-refractivity contribution in [1.82, 2.24) is 14.4 Å². The van der Waals surface area contributed by atoms with Crippen molar-refractivity contribution in [3.05, 3.63) is 124 Å². The molecular formula is C37H35ClN4O2. The molecule has 5 aromatic rings. The van der Waals surface area contributed by atoms with Crippen molar-refractivity contribution < 1.29 is 9.59 Å². The number of aryl methyl sites for hydroxylation is 2. The van der Waals surface area contributed by atoms with Gasteiger partial charge in [0.15, 0.2) is 0 Å². The molecule has 2 amide bonds. The molecule has 1 saturated heterocycles. The zero-order valence-corrected chi connectivity index (χ0v) is 26.0. The molecule has 6 nitrogen and oxygen atoms in total. The molecule has 2 unspecified atom stereocenters. The van der Waals surface area contributed by atoms with Gasteiger partial charge in [0.25, 0.3) is 5.91 Å². The van der Waals surface area contributed by atoms with E-state index in [1.165, 1.54) is 5.56 Å². The molecule has 0 radical (unpaired) electrons. The van der Waals surface area contributed by atoms with Gasteiger partial charge in [0.05, 0.1) is 11.7 Å². The summed E-state index contributed by atoms with van der Waals surface area (Å²) in [5, 5.41) is 1.78. The molecule has 0 spiro atoms. The van der Waals surface area contributed by atoms with E-state index in [0.717, 1.165) is 39.0 Å². The third-order valence-electron chi connectivity index (χ3n) is 9.28. The number of fused-ring (bicyclic) bond motifs is 2. The summed E-state index contributed by atoms with van der Waals surface area (Å²) < 4.78 is 2.22. The maximum atomic E-state index is 14.2. The van der Waals surface area contributed by atoms with E-state index in [4.69, 9.17) is 11.6 Å². The summed E-state index contributed by atoms with van der Waals surface area (Å²) in [6.45, 7) is 6.55. The second-order valence-corrected chi connectivity index (χ2v) is 12.3. The minimum absolute atomic E-state index is 0.0287. The van der Waals surface area contributed by atoms with E-state index in [0.29, 0.717) is 36.8 Å². The van der Waals surface area contributed by atoms with Crippen molar-refractivity contribution in [3.8, 4) is 11.3 Å². The Bertz CT molecular complexity index is 1890. The van der Waals surface area contributed by atoms with Crippen LogP contribution in [0.1, 0.15) is 40.0 Å². The summed E-state index contributed by atoms with van der Waals surface area (Å²) >= 11 is 6.24. The Morgan fingerprint density at radius 2 is 1.57 bits per heavy atom. The number of rotatable bonds is 5. The van der Waals surface area contributed by atoms with Crippen molar-refractivity contribution in [3.63, 3.8) is 0 Å². The molecule has 2 atom stereocenters. The monoisotopic (exact) mass is 602 g/mol. The largest absolute Gasteiger partial charge is 0.368 e. The normalized spacial score (nSPS) is 17.3. The highest BCUT2D eigenvalue weighted by molar-refractivity contribution is 6.30. The van der Waals surface area contributed by atoms with Gasteiger partial charge < -0.3 is 19.3 Å². The number of anilines is 1. The van der Waals surface area contributed by atoms with Crippen molar-refractivity contribution in [1.29, 1.82) is 0 Å². The van der Waals surface area contributed by atoms with Gasteiger partial charge in [-0.25, -0.2) is 0 Å². The number of hydrogen-bond acceptors (Lipinski definition) is 3. The van der Waals surface area contributed by atoms with Crippen LogP contribution in [0.25, 0.3) is 22.2 Å². The molecule has 7 rings (SSSR count).